The van der Waals surface area contributed by atoms with Crippen molar-refractivity contribution in [2.45, 2.75) is 33.7 Å². The maximum Gasteiger partial charge on any atom is 0.165 e. The summed E-state index contributed by atoms with van der Waals surface area (Å²) in [5.74, 6) is 0.873. The molecule has 5 nitrogen and oxygen atoms in total. The highest BCUT2D eigenvalue weighted by Gasteiger charge is 2.11. The van der Waals surface area contributed by atoms with Crippen molar-refractivity contribution in [2.24, 2.45) is 0 Å². The first-order valence-corrected chi connectivity index (χ1v) is 5.41. The Bertz CT molecular complexity index is 489. The highest BCUT2D eigenvalue weighted by molar-refractivity contribution is 5.57. The summed E-state index contributed by atoms with van der Waals surface area (Å²) < 4.78 is 2.05. The van der Waals surface area contributed by atoms with Gasteiger partial charge in [-0.1, -0.05) is 6.92 Å². The molecule has 2 aromatic rings. The van der Waals surface area contributed by atoms with Crippen LogP contribution in [0.1, 0.15) is 24.7 Å². The first-order valence-electron chi connectivity index (χ1n) is 5.41. The van der Waals surface area contributed by atoms with E-state index in [1.165, 1.54) is 0 Å². The molecule has 0 atom stereocenters. The van der Waals surface area contributed by atoms with Gasteiger partial charge in [0.15, 0.2) is 5.82 Å². The first kappa shape index (κ1) is 10.7. The largest absolute Gasteiger partial charge is 0.314 e. The lowest BCUT2D eigenvalue weighted by atomic mass is 10.2. The van der Waals surface area contributed by atoms with E-state index in [0.717, 1.165) is 35.7 Å². The molecule has 5 heteroatoms. The Hall–Kier alpha value is -1.78. The standard InChI is InChI=1S/C11H15N5/c1-4-5-16-7-12-15-11(16)10-6-8(2)13-14-9(10)3/h6-7H,4-5H2,1-3H3. The van der Waals surface area contributed by atoms with Gasteiger partial charge in [0.2, 0.25) is 0 Å². The number of hydrogen-bond acceptors (Lipinski definition) is 4. The highest BCUT2D eigenvalue weighted by Crippen LogP contribution is 2.19. The first-order chi connectivity index (χ1) is 7.72. The Morgan fingerprint density at radius 3 is 2.75 bits per heavy atom. The Labute approximate surface area is 94.5 Å². The minimum Gasteiger partial charge on any atom is -0.314 e. The number of rotatable bonds is 3. The molecule has 84 valence electrons. The number of aromatic nitrogens is 5. The van der Waals surface area contributed by atoms with Crippen molar-refractivity contribution >= 4 is 0 Å². The van der Waals surface area contributed by atoms with Gasteiger partial charge < -0.3 is 4.57 Å². The van der Waals surface area contributed by atoms with E-state index in [4.69, 9.17) is 0 Å². The van der Waals surface area contributed by atoms with E-state index in [1.807, 2.05) is 24.5 Å². The lowest BCUT2D eigenvalue weighted by molar-refractivity contribution is 0.681. The van der Waals surface area contributed by atoms with Crippen molar-refractivity contribution in [1.82, 2.24) is 25.0 Å². The summed E-state index contributed by atoms with van der Waals surface area (Å²) in [5, 5.41) is 16.2. The molecule has 0 radical (unpaired) electrons. The van der Waals surface area contributed by atoms with Crippen molar-refractivity contribution in [1.29, 1.82) is 0 Å². The molecule has 0 bridgehead atoms. The second-order valence-corrected chi connectivity index (χ2v) is 3.83. The molecule has 16 heavy (non-hydrogen) atoms. The van der Waals surface area contributed by atoms with Crippen LogP contribution in [0.15, 0.2) is 12.4 Å². The van der Waals surface area contributed by atoms with Crippen molar-refractivity contribution in [3.63, 3.8) is 0 Å². The molecule has 0 aliphatic rings. The van der Waals surface area contributed by atoms with E-state index in [1.54, 1.807) is 6.33 Å². The SMILES string of the molecule is CCCn1cnnc1-c1cc(C)nnc1C. The fourth-order valence-electron chi connectivity index (χ4n) is 1.64. The minimum absolute atomic E-state index is 0.873. The maximum absolute atomic E-state index is 4.15. The predicted octanol–water partition coefficient (Wildman–Crippen LogP) is 1.76. The fraction of sp³-hybridized carbons (Fsp3) is 0.455. The van der Waals surface area contributed by atoms with Crippen LogP contribution in [0, 0.1) is 13.8 Å². The highest BCUT2D eigenvalue weighted by atomic mass is 15.3. The summed E-state index contributed by atoms with van der Waals surface area (Å²) in [6.45, 7) is 6.92. The second-order valence-electron chi connectivity index (χ2n) is 3.83. The normalized spacial score (nSPS) is 10.7. The average Bonchev–Trinajstić information content (AvgIpc) is 2.70. The van der Waals surface area contributed by atoms with Gasteiger partial charge in [0, 0.05) is 12.1 Å². The molecule has 0 aliphatic carbocycles. The monoisotopic (exact) mass is 217 g/mol. The lowest BCUT2D eigenvalue weighted by Gasteiger charge is -2.06. The van der Waals surface area contributed by atoms with E-state index in [9.17, 15) is 0 Å². The van der Waals surface area contributed by atoms with E-state index >= 15 is 0 Å². The number of aryl methyl sites for hydroxylation is 3. The van der Waals surface area contributed by atoms with Crippen LogP contribution in [-0.2, 0) is 6.54 Å². The summed E-state index contributed by atoms with van der Waals surface area (Å²) >= 11 is 0. The smallest absolute Gasteiger partial charge is 0.165 e. The zero-order valence-electron chi connectivity index (χ0n) is 9.80. The van der Waals surface area contributed by atoms with E-state index < -0.39 is 0 Å². The Morgan fingerprint density at radius 2 is 2.00 bits per heavy atom. The molecule has 0 unspecified atom stereocenters. The van der Waals surface area contributed by atoms with Crippen molar-refractivity contribution in [2.75, 3.05) is 0 Å². The van der Waals surface area contributed by atoms with E-state index in [-0.39, 0.29) is 0 Å². The molecule has 0 N–H and O–H groups in total. The van der Waals surface area contributed by atoms with Crippen LogP contribution in [0.2, 0.25) is 0 Å². The lowest BCUT2D eigenvalue weighted by Crippen LogP contribution is -2.02. The summed E-state index contributed by atoms with van der Waals surface area (Å²) in [7, 11) is 0. The van der Waals surface area contributed by atoms with Gasteiger partial charge in [-0.2, -0.15) is 10.2 Å². The number of nitrogens with zero attached hydrogens (tertiary/aromatic N) is 5. The molecule has 2 heterocycles. The summed E-state index contributed by atoms with van der Waals surface area (Å²) in [6.07, 6.45) is 2.82. The van der Waals surface area contributed by atoms with E-state index in [2.05, 4.69) is 27.3 Å². The molecular formula is C11H15N5. The third-order valence-corrected chi connectivity index (χ3v) is 2.42. The summed E-state index contributed by atoms with van der Waals surface area (Å²) in [6, 6.07) is 2.00. The minimum atomic E-state index is 0.873. The Balaban J connectivity index is 2.49. The van der Waals surface area contributed by atoms with Gasteiger partial charge in [-0.3, -0.25) is 0 Å². The van der Waals surface area contributed by atoms with Gasteiger partial charge in [0.05, 0.1) is 11.4 Å². The molecule has 2 rings (SSSR count). The van der Waals surface area contributed by atoms with Gasteiger partial charge in [-0.05, 0) is 26.3 Å². The van der Waals surface area contributed by atoms with Crippen LogP contribution in [0.5, 0.6) is 0 Å². The van der Waals surface area contributed by atoms with Crippen LogP contribution in [0.4, 0.5) is 0 Å². The molecule has 0 saturated heterocycles. The third kappa shape index (κ3) is 1.93. The van der Waals surface area contributed by atoms with Crippen LogP contribution >= 0.6 is 0 Å². The molecule has 2 aromatic heterocycles. The van der Waals surface area contributed by atoms with Crippen molar-refractivity contribution in [3.05, 3.63) is 23.8 Å². The average molecular weight is 217 g/mol. The molecule has 0 spiro atoms. The fourth-order valence-corrected chi connectivity index (χ4v) is 1.64. The molecular weight excluding hydrogens is 202 g/mol. The van der Waals surface area contributed by atoms with Crippen LogP contribution in [-0.4, -0.2) is 25.0 Å². The quantitative estimate of drug-likeness (QED) is 0.786. The molecule has 0 saturated carbocycles. The molecule has 0 amide bonds. The van der Waals surface area contributed by atoms with Gasteiger partial charge in [-0.15, -0.1) is 10.2 Å². The van der Waals surface area contributed by atoms with Crippen molar-refractivity contribution in [3.8, 4) is 11.4 Å². The number of hydrogen-bond donors (Lipinski definition) is 0. The zero-order valence-corrected chi connectivity index (χ0v) is 9.80. The summed E-state index contributed by atoms with van der Waals surface area (Å²) in [4.78, 5) is 0. The topological polar surface area (TPSA) is 56.5 Å². The molecule has 0 fully saturated rings. The van der Waals surface area contributed by atoms with Crippen LogP contribution < -0.4 is 0 Å². The van der Waals surface area contributed by atoms with Gasteiger partial charge in [0.1, 0.15) is 6.33 Å². The molecule has 0 aliphatic heterocycles. The second kappa shape index (κ2) is 4.38. The van der Waals surface area contributed by atoms with Crippen LogP contribution in [0.25, 0.3) is 11.4 Å². The third-order valence-electron chi connectivity index (χ3n) is 2.42. The Morgan fingerprint density at radius 1 is 1.19 bits per heavy atom. The van der Waals surface area contributed by atoms with E-state index in [0.29, 0.717) is 0 Å². The zero-order chi connectivity index (χ0) is 11.5. The van der Waals surface area contributed by atoms with Gasteiger partial charge in [0.25, 0.3) is 0 Å². The molecule has 0 aromatic carbocycles. The van der Waals surface area contributed by atoms with Gasteiger partial charge in [-0.25, -0.2) is 0 Å². The summed E-state index contributed by atoms with van der Waals surface area (Å²) in [5.41, 5.74) is 2.79. The predicted molar refractivity (Wildman–Crippen MR) is 60.8 cm³/mol. The van der Waals surface area contributed by atoms with Crippen molar-refractivity contribution < 1.29 is 0 Å². The van der Waals surface area contributed by atoms with Gasteiger partial charge >= 0.3 is 0 Å². The Kier molecular flexibility index (Phi) is 2.94. The maximum atomic E-state index is 4.15. The van der Waals surface area contributed by atoms with Crippen LogP contribution in [0.3, 0.4) is 0 Å².